The van der Waals surface area contributed by atoms with Gasteiger partial charge in [0.25, 0.3) is 0 Å². The van der Waals surface area contributed by atoms with Gasteiger partial charge < -0.3 is 10.1 Å². The first-order valence-corrected chi connectivity index (χ1v) is 6.88. The lowest BCUT2D eigenvalue weighted by Gasteiger charge is -2.26. The number of hydrogen-bond donors (Lipinski definition) is 1. The molecule has 2 nitrogen and oxygen atoms in total. The molecule has 0 aliphatic heterocycles. The fraction of sp³-hybridized carbons (Fsp3) is 0.600. The van der Waals surface area contributed by atoms with E-state index in [1.54, 1.807) is 7.11 Å². The zero-order chi connectivity index (χ0) is 15.1. The maximum atomic E-state index is 13.9. The van der Waals surface area contributed by atoms with Crippen LogP contribution in [0.3, 0.4) is 0 Å². The van der Waals surface area contributed by atoms with E-state index in [-0.39, 0.29) is 17.5 Å². The maximum Gasteiger partial charge on any atom is 0.194 e. The Bertz CT molecular complexity index is 426. The molecule has 114 valence electrons. The predicted octanol–water partition coefficient (Wildman–Crippen LogP) is 3.82. The van der Waals surface area contributed by atoms with Gasteiger partial charge in [0.1, 0.15) is 0 Å². The molecule has 0 radical (unpaired) electrons. The Kier molecular flexibility index (Phi) is 7.02. The third kappa shape index (κ3) is 4.21. The second-order valence-electron chi connectivity index (χ2n) is 4.96. The van der Waals surface area contributed by atoms with Crippen molar-refractivity contribution in [3.63, 3.8) is 0 Å². The standard InChI is InChI=1S/C15H22F3NO/c1-4-8-19-15(10(2)7-9-20-3)11-5-6-12(16)14(18)13(11)17/h5-6,10,15,19H,4,7-9H2,1-3H3. The van der Waals surface area contributed by atoms with Crippen molar-refractivity contribution < 1.29 is 17.9 Å². The molecule has 0 amide bonds. The summed E-state index contributed by atoms with van der Waals surface area (Å²) in [7, 11) is 1.60. The Balaban J connectivity index is 3.00. The summed E-state index contributed by atoms with van der Waals surface area (Å²) in [4.78, 5) is 0. The van der Waals surface area contributed by atoms with Crippen molar-refractivity contribution in [3.05, 3.63) is 35.1 Å². The lowest BCUT2D eigenvalue weighted by molar-refractivity contribution is 0.169. The molecular weight excluding hydrogens is 267 g/mol. The predicted molar refractivity (Wildman–Crippen MR) is 73.0 cm³/mol. The van der Waals surface area contributed by atoms with Crippen LogP contribution < -0.4 is 5.32 Å². The van der Waals surface area contributed by atoms with Gasteiger partial charge in [0.05, 0.1) is 0 Å². The average Bonchev–Trinajstić information content (AvgIpc) is 2.44. The molecule has 2 unspecified atom stereocenters. The molecule has 1 aromatic carbocycles. The molecule has 0 aromatic heterocycles. The van der Waals surface area contributed by atoms with Gasteiger partial charge in [-0.2, -0.15) is 0 Å². The molecule has 0 saturated carbocycles. The van der Waals surface area contributed by atoms with E-state index < -0.39 is 17.5 Å². The summed E-state index contributed by atoms with van der Waals surface area (Å²) in [6.45, 7) is 5.15. The first-order chi connectivity index (χ1) is 9.52. The first kappa shape index (κ1) is 17.0. The van der Waals surface area contributed by atoms with Crippen LogP contribution in [0.5, 0.6) is 0 Å². The summed E-state index contributed by atoms with van der Waals surface area (Å²) in [6, 6.07) is 1.92. The Labute approximate surface area is 118 Å². The number of ether oxygens (including phenoxy) is 1. The van der Waals surface area contributed by atoms with Crippen molar-refractivity contribution in [2.75, 3.05) is 20.3 Å². The number of nitrogens with one attached hydrogen (secondary N) is 1. The van der Waals surface area contributed by atoms with Crippen molar-refractivity contribution in [3.8, 4) is 0 Å². The number of halogens is 3. The van der Waals surface area contributed by atoms with Crippen LogP contribution in [0.25, 0.3) is 0 Å². The third-order valence-corrected chi connectivity index (χ3v) is 3.36. The van der Waals surface area contributed by atoms with E-state index in [0.717, 1.165) is 12.5 Å². The van der Waals surface area contributed by atoms with Gasteiger partial charge in [0, 0.05) is 25.3 Å². The van der Waals surface area contributed by atoms with Gasteiger partial charge in [-0.3, -0.25) is 0 Å². The van der Waals surface area contributed by atoms with Crippen LogP contribution in [0.1, 0.15) is 38.3 Å². The molecule has 1 aromatic rings. The molecule has 0 aliphatic carbocycles. The SMILES string of the molecule is CCCNC(c1ccc(F)c(F)c1F)C(C)CCOC. The highest BCUT2D eigenvalue weighted by Crippen LogP contribution is 2.28. The third-order valence-electron chi connectivity index (χ3n) is 3.36. The quantitative estimate of drug-likeness (QED) is 0.735. The normalized spacial score (nSPS) is 14.3. The summed E-state index contributed by atoms with van der Waals surface area (Å²) in [5.74, 6) is -3.64. The van der Waals surface area contributed by atoms with Gasteiger partial charge in [0.15, 0.2) is 17.5 Å². The summed E-state index contributed by atoms with van der Waals surface area (Å²) in [5.41, 5.74) is 0.168. The van der Waals surface area contributed by atoms with Crippen molar-refractivity contribution in [1.82, 2.24) is 5.32 Å². The van der Waals surface area contributed by atoms with E-state index in [4.69, 9.17) is 4.74 Å². The van der Waals surface area contributed by atoms with Crippen LogP contribution in [0.2, 0.25) is 0 Å². The minimum absolute atomic E-state index is 0.0425. The van der Waals surface area contributed by atoms with Gasteiger partial charge in [-0.1, -0.05) is 19.9 Å². The van der Waals surface area contributed by atoms with Gasteiger partial charge in [0.2, 0.25) is 0 Å². The summed E-state index contributed by atoms with van der Waals surface area (Å²) in [5, 5.41) is 3.20. The lowest BCUT2D eigenvalue weighted by Crippen LogP contribution is -2.29. The molecule has 0 bridgehead atoms. The fourth-order valence-electron chi connectivity index (χ4n) is 2.17. The van der Waals surface area contributed by atoms with E-state index in [0.29, 0.717) is 19.6 Å². The van der Waals surface area contributed by atoms with E-state index in [2.05, 4.69) is 5.32 Å². The second kappa shape index (κ2) is 8.27. The molecule has 1 rings (SSSR count). The van der Waals surface area contributed by atoms with Crippen molar-refractivity contribution in [2.24, 2.45) is 5.92 Å². The van der Waals surface area contributed by atoms with E-state index >= 15 is 0 Å². The van der Waals surface area contributed by atoms with Gasteiger partial charge >= 0.3 is 0 Å². The summed E-state index contributed by atoms with van der Waals surface area (Å²) in [6.07, 6.45) is 1.58. The van der Waals surface area contributed by atoms with Crippen molar-refractivity contribution >= 4 is 0 Å². The minimum Gasteiger partial charge on any atom is -0.385 e. The lowest BCUT2D eigenvalue weighted by atomic mass is 9.91. The molecule has 0 spiro atoms. The number of rotatable bonds is 8. The maximum absolute atomic E-state index is 13.9. The molecule has 0 aliphatic rings. The number of benzene rings is 1. The zero-order valence-electron chi connectivity index (χ0n) is 12.2. The fourth-order valence-corrected chi connectivity index (χ4v) is 2.17. The Morgan fingerprint density at radius 3 is 2.50 bits per heavy atom. The molecule has 1 N–H and O–H groups in total. The Hall–Kier alpha value is -1.07. The molecular formula is C15H22F3NO. The smallest absolute Gasteiger partial charge is 0.194 e. The van der Waals surface area contributed by atoms with Crippen LogP contribution in [0.15, 0.2) is 12.1 Å². The Morgan fingerprint density at radius 1 is 1.20 bits per heavy atom. The summed E-state index contributed by atoms with van der Waals surface area (Å²) < 4.78 is 45.4. The molecule has 2 atom stereocenters. The van der Waals surface area contributed by atoms with Crippen LogP contribution in [-0.2, 0) is 4.74 Å². The van der Waals surface area contributed by atoms with Crippen LogP contribution in [0, 0.1) is 23.4 Å². The van der Waals surface area contributed by atoms with Crippen molar-refractivity contribution in [2.45, 2.75) is 32.7 Å². The topological polar surface area (TPSA) is 21.3 Å². The molecule has 0 fully saturated rings. The van der Waals surface area contributed by atoms with Gasteiger partial charge in [-0.05, 0) is 31.4 Å². The minimum atomic E-state index is -1.41. The molecule has 0 heterocycles. The van der Waals surface area contributed by atoms with Gasteiger partial charge in [-0.25, -0.2) is 13.2 Å². The van der Waals surface area contributed by atoms with Crippen LogP contribution >= 0.6 is 0 Å². The highest BCUT2D eigenvalue weighted by molar-refractivity contribution is 5.24. The monoisotopic (exact) mass is 289 g/mol. The molecule has 20 heavy (non-hydrogen) atoms. The van der Waals surface area contributed by atoms with Crippen molar-refractivity contribution in [1.29, 1.82) is 0 Å². The average molecular weight is 289 g/mol. The highest BCUT2D eigenvalue weighted by atomic mass is 19.2. The molecule has 0 saturated heterocycles. The highest BCUT2D eigenvalue weighted by Gasteiger charge is 2.24. The zero-order valence-corrected chi connectivity index (χ0v) is 12.2. The first-order valence-electron chi connectivity index (χ1n) is 6.88. The van der Waals surface area contributed by atoms with Crippen LogP contribution in [0.4, 0.5) is 13.2 Å². The largest absolute Gasteiger partial charge is 0.385 e. The molecule has 5 heteroatoms. The van der Waals surface area contributed by atoms with Gasteiger partial charge in [-0.15, -0.1) is 0 Å². The van der Waals surface area contributed by atoms with E-state index in [9.17, 15) is 13.2 Å². The number of hydrogen-bond acceptors (Lipinski definition) is 2. The van der Waals surface area contributed by atoms with E-state index in [1.807, 2.05) is 13.8 Å². The summed E-state index contributed by atoms with van der Waals surface area (Å²) >= 11 is 0. The van der Waals surface area contributed by atoms with Crippen LogP contribution in [-0.4, -0.2) is 20.3 Å². The second-order valence-corrected chi connectivity index (χ2v) is 4.96. The number of methoxy groups -OCH3 is 1. The Morgan fingerprint density at radius 2 is 1.90 bits per heavy atom. The van der Waals surface area contributed by atoms with E-state index in [1.165, 1.54) is 6.07 Å².